The van der Waals surface area contributed by atoms with Gasteiger partial charge < -0.3 is 20.5 Å². The Labute approximate surface area is 301 Å². The number of nitrogens with two attached hydrogens (primary N) is 1. The van der Waals surface area contributed by atoms with E-state index < -0.39 is 29.1 Å². The van der Waals surface area contributed by atoms with Gasteiger partial charge in [0.15, 0.2) is 0 Å². The average Bonchev–Trinajstić information content (AvgIpc) is 3.46. The standard InChI is InChI=1S/C40H42N4O6S/c1-4-10-35-42-37-25(2)21-30(23-34(37)43(35)24-28-15-17-29(18-16-28)31-13-8-9-14-32(31)39(48)49)38(47)44(26(3)22-27-11-6-5-7-12-27)51-40(50)33(41)19-20-36(45)46/h5-9,11-18,21,23,26,33H,4,10,19-20,22,24,41H2,1-3H3,(H,45,46)(H,48,49). The molecule has 0 bridgehead atoms. The van der Waals surface area contributed by atoms with E-state index in [1.807, 2.05) is 80.6 Å². The highest BCUT2D eigenvalue weighted by Gasteiger charge is 2.29. The summed E-state index contributed by atoms with van der Waals surface area (Å²) >= 11 is 0.736. The normalized spacial score (nSPS) is 12.4. The van der Waals surface area contributed by atoms with Crippen molar-refractivity contribution in [2.45, 2.75) is 71.5 Å². The molecule has 5 aromatic rings. The molecule has 11 heteroatoms. The zero-order valence-corrected chi connectivity index (χ0v) is 29.7. The Morgan fingerprint density at radius 1 is 0.922 bits per heavy atom. The Bertz CT molecular complexity index is 2040. The highest BCUT2D eigenvalue weighted by Crippen LogP contribution is 2.30. The van der Waals surface area contributed by atoms with Crippen LogP contribution in [0.2, 0.25) is 0 Å². The van der Waals surface area contributed by atoms with E-state index in [0.717, 1.165) is 63.9 Å². The van der Waals surface area contributed by atoms with Crippen LogP contribution in [-0.4, -0.2) is 59.1 Å². The van der Waals surface area contributed by atoms with Crippen molar-refractivity contribution in [1.29, 1.82) is 0 Å². The van der Waals surface area contributed by atoms with E-state index in [1.165, 1.54) is 4.31 Å². The topological polar surface area (TPSA) is 156 Å². The summed E-state index contributed by atoms with van der Waals surface area (Å²) in [5.74, 6) is -1.51. The van der Waals surface area contributed by atoms with Crippen LogP contribution in [-0.2, 0) is 29.0 Å². The van der Waals surface area contributed by atoms with Crippen molar-refractivity contribution >= 4 is 45.9 Å². The van der Waals surface area contributed by atoms with Crippen LogP contribution in [0.25, 0.3) is 22.2 Å². The molecule has 264 valence electrons. The number of rotatable bonds is 14. The molecule has 1 amide bonds. The van der Waals surface area contributed by atoms with Crippen LogP contribution in [0.3, 0.4) is 0 Å². The van der Waals surface area contributed by atoms with Gasteiger partial charge in [0.2, 0.25) is 5.12 Å². The predicted molar refractivity (Wildman–Crippen MR) is 200 cm³/mol. The summed E-state index contributed by atoms with van der Waals surface area (Å²) in [5, 5.41) is 18.3. The fraction of sp³-hybridized carbons (Fsp3) is 0.275. The van der Waals surface area contributed by atoms with Crippen LogP contribution in [0.5, 0.6) is 0 Å². The molecule has 1 heterocycles. The number of hydrogen-bond donors (Lipinski definition) is 3. The average molecular weight is 707 g/mol. The molecule has 4 N–H and O–H groups in total. The Kier molecular flexibility index (Phi) is 12.1. The second-order valence-electron chi connectivity index (χ2n) is 12.7. The van der Waals surface area contributed by atoms with Gasteiger partial charge in [0.05, 0.1) is 22.6 Å². The summed E-state index contributed by atoms with van der Waals surface area (Å²) in [6.07, 6.45) is 1.79. The molecule has 0 spiro atoms. The first kappa shape index (κ1) is 37.0. The molecule has 2 unspecified atom stereocenters. The summed E-state index contributed by atoms with van der Waals surface area (Å²) in [4.78, 5) is 55.6. The fourth-order valence-corrected chi connectivity index (χ4v) is 7.00. The van der Waals surface area contributed by atoms with Crippen LogP contribution < -0.4 is 5.73 Å². The van der Waals surface area contributed by atoms with E-state index in [0.29, 0.717) is 24.1 Å². The number of carboxylic acid groups (broad SMARTS) is 2. The number of aromatic nitrogens is 2. The molecular weight excluding hydrogens is 665 g/mol. The van der Waals surface area contributed by atoms with Crippen LogP contribution in [0, 0.1) is 6.92 Å². The maximum Gasteiger partial charge on any atom is 0.336 e. The van der Waals surface area contributed by atoms with E-state index in [9.17, 15) is 24.3 Å². The lowest BCUT2D eigenvalue weighted by molar-refractivity contribution is -0.137. The SMILES string of the molecule is CCCc1nc2c(C)cc(C(=O)N(SC(=O)C(N)CCC(=O)O)C(C)Cc3ccccc3)cc2n1Cc1ccc(-c2ccccc2C(=O)O)cc1. The first-order valence-electron chi connectivity index (χ1n) is 16.9. The maximum absolute atomic E-state index is 14.4. The molecule has 1 aromatic heterocycles. The molecule has 5 rings (SSSR count). The van der Waals surface area contributed by atoms with Gasteiger partial charge in [0.1, 0.15) is 5.82 Å². The minimum absolute atomic E-state index is 0.0340. The third-order valence-corrected chi connectivity index (χ3v) is 9.95. The van der Waals surface area contributed by atoms with Gasteiger partial charge in [-0.25, -0.2) is 9.78 Å². The quantitative estimate of drug-likeness (QED) is 0.102. The van der Waals surface area contributed by atoms with Gasteiger partial charge in [-0.1, -0.05) is 79.7 Å². The van der Waals surface area contributed by atoms with E-state index in [-0.39, 0.29) is 24.3 Å². The van der Waals surface area contributed by atoms with E-state index in [1.54, 1.807) is 24.3 Å². The molecule has 0 aliphatic rings. The lowest BCUT2D eigenvalue weighted by Gasteiger charge is -2.28. The lowest BCUT2D eigenvalue weighted by atomic mass is 9.98. The number of carboxylic acids is 2. The maximum atomic E-state index is 14.4. The van der Waals surface area contributed by atoms with E-state index >= 15 is 0 Å². The number of aryl methyl sites for hydroxylation is 2. The number of nitrogens with zero attached hydrogens (tertiary/aromatic N) is 3. The van der Waals surface area contributed by atoms with Crippen LogP contribution >= 0.6 is 11.9 Å². The molecule has 0 saturated carbocycles. The molecular formula is C40H42N4O6S. The van der Waals surface area contributed by atoms with Gasteiger partial charge in [-0.3, -0.25) is 18.7 Å². The van der Waals surface area contributed by atoms with Gasteiger partial charge in [0.25, 0.3) is 5.91 Å². The number of aliphatic carboxylic acids is 1. The predicted octanol–water partition coefficient (Wildman–Crippen LogP) is 7.15. The molecule has 4 aromatic carbocycles. The molecule has 51 heavy (non-hydrogen) atoms. The molecule has 0 fully saturated rings. The Hall–Kier alpha value is -5.26. The fourth-order valence-electron chi connectivity index (χ4n) is 6.11. The van der Waals surface area contributed by atoms with Gasteiger partial charge in [-0.15, -0.1) is 0 Å². The summed E-state index contributed by atoms with van der Waals surface area (Å²) in [5.41, 5.74) is 12.5. The molecule has 2 atom stereocenters. The van der Waals surface area contributed by atoms with Crippen LogP contribution in [0.15, 0.2) is 91.0 Å². The zero-order valence-electron chi connectivity index (χ0n) is 28.9. The summed E-state index contributed by atoms with van der Waals surface area (Å²) in [6.45, 7) is 6.35. The van der Waals surface area contributed by atoms with Crippen molar-refractivity contribution in [2.24, 2.45) is 5.73 Å². The van der Waals surface area contributed by atoms with Gasteiger partial charge >= 0.3 is 11.9 Å². The lowest BCUT2D eigenvalue weighted by Crippen LogP contribution is -2.39. The smallest absolute Gasteiger partial charge is 0.336 e. The van der Waals surface area contributed by atoms with Crippen molar-refractivity contribution in [1.82, 2.24) is 13.9 Å². The van der Waals surface area contributed by atoms with Crippen molar-refractivity contribution in [3.05, 3.63) is 125 Å². The van der Waals surface area contributed by atoms with Crippen molar-refractivity contribution in [3.63, 3.8) is 0 Å². The first-order valence-corrected chi connectivity index (χ1v) is 17.7. The Morgan fingerprint density at radius 3 is 2.27 bits per heavy atom. The van der Waals surface area contributed by atoms with E-state index in [4.69, 9.17) is 15.8 Å². The minimum Gasteiger partial charge on any atom is -0.481 e. The summed E-state index contributed by atoms with van der Waals surface area (Å²) in [7, 11) is 0. The largest absolute Gasteiger partial charge is 0.481 e. The molecule has 0 aliphatic heterocycles. The molecule has 10 nitrogen and oxygen atoms in total. The number of amides is 1. The number of aromatic carboxylic acids is 1. The number of benzene rings is 4. The number of carbonyl (C=O) groups excluding carboxylic acids is 2. The van der Waals surface area contributed by atoms with Crippen LogP contribution in [0.1, 0.15) is 76.3 Å². The molecule has 0 aliphatic carbocycles. The molecule has 0 radical (unpaired) electrons. The minimum atomic E-state index is -1.05. The van der Waals surface area contributed by atoms with Crippen LogP contribution in [0.4, 0.5) is 0 Å². The van der Waals surface area contributed by atoms with Crippen molar-refractivity contribution in [2.75, 3.05) is 0 Å². The third-order valence-electron chi connectivity index (χ3n) is 8.74. The second-order valence-corrected chi connectivity index (χ2v) is 13.7. The highest BCUT2D eigenvalue weighted by molar-refractivity contribution is 8.12. The van der Waals surface area contributed by atoms with Gasteiger partial charge in [-0.05, 0) is 79.1 Å². The summed E-state index contributed by atoms with van der Waals surface area (Å²) in [6, 6.07) is 26.5. The second kappa shape index (κ2) is 16.6. The highest BCUT2D eigenvalue weighted by atomic mass is 32.2. The number of imidazole rings is 1. The molecule has 0 saturated heterocycles. The van der Waals surface area contributed by atoms with Crippen molar-refractivity contribution < 1.29 is 29.4 Å². The number of fused-ring (bicyclic) bond motifs is 1. The third kappa shape index (κ3) is 8.92. The monoisotopic (exact) mass is 706 g/mol. The van der Waals surface area contributed by atoms with Crippen molar-refractivity contribution in [3.8, 4) is 11.1 Å². The summed E-state index contributed by atoms with van der Waals surface area (Å²) < 4.78 is 3.57. The first-order chi connectivity index (χ1) is 24.5. The number of hydrogen-bond acceptors (Lipinski definition) is 7. The number of carbonyl (C=O) groups is 4. The van der Waals surface area contributed by atoms with Gasteiger partial charge in [-0.2, -0.15) is 0 Å². The Morgan fingerprint density at radius 2 is 1.61 bits per heavy atom. The van der Waals surface area contributed by atoms with E-state index in [2.05, 4.69) is 11.5 Å². The van der Waals surface area contributed by atoms with Gasteiger partial charge in [0, 0.05) is 42.9 Å². The zero-order chi connectivity index (χ0) is 36.7. The Balaban J connectivity index is 1.49.